The van der Waals surface area contributed by atoms with Crippen LogP contribution in [0.2, 0.25) is 5.02 Å². The molecule has 0 radical (unpaired) electrons. The van der Waals surface area contributed by atoms with Gasteiger partial charge in [0.05, 0.1) is 22.5 Å². The first kappa shape index (κ1) is 20.5. The molecule has 27 heavy (non-hydrogen) atoms. The summed E-state index contributed by atoms with van der Waals surface area (Å²) >= 11 is 11.5. The number of anilines is 1. The van der Waals surface area contributed by atoms with Crippen LogP contribution >= 0.6 is 23.2 Å². The number of nitro benzene ring substituents is 2. The third-order valence-electron chi connectivity index (χ3n) is 3.31. The number of alkyl halides is 4. The molecule has 1 aliphatic heterocycles. The lowest BCUT2D eigenvalue weighted by Gasteiger charge is -2.27. The van der Waals surface area contributed by atoms with E-state index in [0.717, 1.165) is 6.20 Å². The minimum absolute atomic E-state index is 0.0772. The maximum Gasteiger partial charge on any atom is 0.418 e. The molecule has 146 valence electrons. The van der Waals surface area contributed by atoms with Gasteiger partial charge in [-0.05, 0) is 0 Å². The number of hydrogen-bond acceptors (Lipinski definition) is 8. The maximum atomic E-state index is 13.1. The molecule has 0 spiro atoms. The van der Waals surface area contributed by atoms with Crippen LogP contribution in [0.25, 0.3) is 0 Å². The van der Waals surface area contributed by atoms with E-state index >= 15 is 0 Å². The van der Waals surface area contributed by atoms with Crippen LogP contribution in [0.5, 0.6) is 0 Å². The van der Waals surface area contributed by atoms with Crippen LogP contribution in [0.4, 0.5) is 30.2 Å². The van der Waals surface area contributed by atoms with Gasteiger partial charge in [0, 0.05) is 12.3 Å². The molecule has 0 saturated heterocycles. The Morgan fingerprint density at radius 3 is 2.37 bits per heavy atom. The fraction of sp³-hybridized carbons (Fsp3) is 0.250. The molecule has 1 atom stereocenters. The second-order valence-corrected chi connectivity index (χ2v) is 5.68. The van der Waals surface area contributed by atoms with E-state index in [9.17, 15) is 33.4 Å². The molecule has 1 aliphatic rings. The van der Waals surface area contributed by atoms with Gasteiger partial charge in [-0.25, -0.2) is 4.99 Å². The molecular weight excluding hydrogens is 422 g/mol. The first-order valence-electron chi connectivity index (χ1n) is 6.64. The molecule has 0 amide bonds. The normalized spacial score (nSPS) is 17.3. The van der Waals surface area contributed by atoms with E-state index in [2.05, 4.69) is 4.99 Å². The summed E-state index contributed by atoms with van der Waals surface area (Å²) in [6.07, 6.45) is -4.27. The van der Waals surface area contributed by atoms with Crippen molar-refractivity contribution in [1.29, 1.82) is 0 Å². The highest BCUT2D eigenvalue weighted by Crippen LogP contribution is 2.50. The van der Waals surface area contributed by atoms with Crippen molar-refractivity contribution in [1.82, 2.24) is 0 Å². The monoisotopic (exact) mass is 429 g/mol. The van der Waals surface area contributed by atoms with Crippen LogP contribution in [0.1, 0.15) is 5.56 Å². The zero-order chi connectivity index (χ0) is 20.7. The average molecular weight is 430 g/mol. The highest BCUT2D eigenvalue weighted by molar-refractivity contribution is 6.34. The maximum absolute atomic E-state index is 13.1. The van der Waals surface area contributed by atoms with E-state index in [1.54, 1.807) is 0 Å². The molecule has 0 fully saturated rings. The smallest absolute Gasteiger partial charge is 0.418 e. The van der Waals surface area contributed by atoms with Crippen LogP contribution in [0.15, 0.2) is 23.0 Å². The Morgan fingerprint density at radius 2 is 1.93 bits per heavy atom. The number of benzene rings is 1. The molecule has 15 heteroatoms. The molecule has 0 saturated carbocycles. The number of hydrogen-bond donors (Lipinski definition) is 1. The molecule has 1 heterocycles. The fourth-order valence-electron chi connectivity index (χ4n) is 2.23. The second kappa shape index (κ2) is 7.08. The minimum Gasteiger partial charge on any atom is -0.480 e. The first-order valence-corrected chi connectivity index (χ1v) is 7.45. The van der Waals surface area contributed by atoms with Gasteiger partial charge in [0.2, 0.25) is 17.2 Å². The van der Waals surface area contributed by atoms with Crippen molar-refractivity contribution in [2.45, 2.75) is 11.8 Å². The molecular formula is C12H8Cl2F3N5O5. The minimum atomic E-state index is -5.18. The Balaban J connectivity index is 2.88. The topological polar surface area (TPSA) is 137 Å². The zero-order valence-electron chi connectivity index (χ0n) is 13.0. The molecule has 1 unspecified atom stereocenters. The van der Waals surface area contributed by atoms with Crippen molar-refractivity contribution in [3.63, 3.8) is 0 Å². The number of methoxy groups -OCH3 is 1. The molecule has 2 N–H and O–H groups in total. The van der Waals surface area contributed by atoms with Crippen LogP contribution in [0, 0.1) is 20.2 Å². The van der Waals surface area contributed by atoms with E-state index < -0.39 is 49.3 Å². The third-order valence-corrected chi connectivity index (χ3v) is 4.00. The van der Waals surface area contributed by atoms with Gasteiger partial charge in [0.25, 0.3) is 0 Å². The number of halogens is 5. The van der Waals surface area contributed by atoms with Gasteiger partial charge in [-0.15, -0.1) is 0 Å². The highest BCUT2D eigenvalue weighted by atomic mass is 35.5. The van der Waals surface area contributed by atoms with E-state index in [1.807, 2.05) is 0 Å². The molecule has 0 aliphatic carbocycles. The van der Waals surface area contributed by atoms with Crippen molar-refractivity contribution >= 4 is 46.2 Å². The summed E-state index contributed by atoms with van der Waals surface area (Å²) < 4.78 is 44.1. The lowest BCUT2D eigenvalue weighted by atomic mass is 10.1. The van der Waals surface area contributed by atoms with Crippen molar-refractivity contribution in [3.8, 4) is 0 Å². The number of nitro groups is 2. The van der Waals surface area contributed by atoms with E-state index in [-0.39, 0.29) is 17.7 Å². The zero-order valence-corrected chi connectivity index (χ0v) is 14.5. The number of aliphatic imine (C=N–C) groups is 1. The van der Waals surface area contributed by atoms with Gasteiger partial charge in [-0.1, -0.05) is 23.2 Å². The Kier molecular flexibility index (Phi) is 5.37. The van der Waals surface area contributed by atoms with Gasteiger partial charge >= 0.3 is 17.6 Å². The second-order valence-electron chi connectivity index (χ2n) is 4.91. The molecule has 0 aromatic heterocycles. The fourth-order valence-corrected chi connectivity index (χ4v) is 2.79. The summed E-state index contributed by atoms with van der Waals surface area (Å²) in [5.41, 5.74) is -1.44. The Labute approximate surface area is 157 Å². The Hall–Kier alpha value is -2.80. The quantitative estimate of drug-likeness (QED) is 0.336. The van der Waals surface area contributed by atoms with Gasteiger partial charge in [0.1, 0.15) is 10.7 Å². The Morgan fingerprint density at radius 1 is 1.33 bits per heavy atom. The van der Waals surface area contributed by atoms with Crippen LogP contribution in [-0.2, 0) is 10.9 Å². The third kappa shape index (κ3) is 3.68. The summed E-state index contributed by atoms with van der Waals surface area (Å²) in [6, 6.07) is 0.0772. The van der Waals surface area contributed by atoms with Crippen LogP contribution in [-0.4, -0.2) is 28.5 Å². The van der Waals surface area contributed by atoms with Gasteiger partial charge in [-0.2, -0.15) is 13.2 Å². The number of nitrogens with two attached hydrogens (primary N) is 1. The first-order chi connectivity index (χ1) is 12.4. The van der Waals surface area contributed by atoms with Crippen molar-refractivity contribution in [3.05, 3.63) is 48.8 Å². The predicted octanol–water partition coefficient (Wildman–Crippen LogP) is 3.36. The standard InChI is InChI=1S/C12H8Cl2F3N5O5/c1-27-10-5(18)3-20(11(14)19-10)8-6(21(23)24)2-4(12(15,16)17)7(13)9(8)22(25)26/h2-3,11H,18H2,1H3. The summed E-state index contributed by atoms with van der Waals surface area (Å²) in [7, 11) is 1.19. The molecule has 1 aromatic carbocycles. The van der Waals surface area contributed by atoms with E-state index in [4.69, 9.17) is 33.7 Å². The predicted molar refractivity (Wildman–Crippen MR) is 88.6 cm³/mol. The van der Waals surface area contributed by atoms with Crippen molar-refractivity contribution in [2.24, 2.45) is 10.7 Å². The number of nitrogens with zero attached hydrogens (tertiary/aromatic N) is 4. The van der Waals surface area contributed by atoms with Crippen LogP contribution < -0.4 is 10.6 Å². The van der Waals surface area contributed by atoms with Crippen LogP contribution in [0.3, 0.4) is 0 Å². The molecule has 0 bridgehead atoms. The van der Waals surface area contributed by atoms with E-state index in [0.29, 0.717) is 4.90 Å². The van der Waals surface area contributed by atoms with Gasteiger partial charge in [0.15, 0.2) is 0 Å². The lowest BCUT2D eigenvalue weighted by Crippen LogP contribution is -2.34. The van der Waals surface area contributed by atoms with Crippen molar-refractivity contribution in [2.75, 3.05) is 12.0 Å². The summed E-state index contributed by atoms with van der Waals surface area (Å²) in [5.74, 6) is -0.172. The number of ether oxygens (including phenoxy) is 1. The van der Waals surface area contributed by atoms with Crippen molar-refractivity contribution < 1.29 is 27.8 Å². The lowest BCUT2D eigenvalue weighted by molar-refractivity contribution is -0.392. The SMILES string of the molecule is COC1=NC(Cl)N(c2c([N+](=O)[O-])cc(C(F)(F)F)c(Cl)c2[N+](=O)[O-])C=C1N. The Bertz CT molecular complexity index is 889. The van der Waals surface area contributed by atoms with Gasteiger partial charge in [-0.3, -0.25) is 25.1 Å². The van der Waals surface area contributed by atoms with E-state index in [1.165, 1.54) is 7.11 Å². The molecule has 10 nitrogen and oxygen atoms in total. The molecule has 1 aromatic rings. The summed E-state index contributed by atoms with van der Waals surface area (Å²) in [6.45, 7) is 0. The number of rotatable bonds is 3. The summed E-state index contributed by atoms with van der Waals surface area (Å²) in [4.78, 5) is 24.6. The largest absolute Gasteiger partial charge is 0.480 e. The molecule has 2 rings (SSSR count). The average Bonchev–Trinajstić information content (AvgIpc) is 2.54. The summed E-state index contributed by atoms with van der Waals surface area (Å²) in [5, 5.41) is 21.4. The highest BCUT2D eigenvalue weighted by Gasteiger charge is 2.44. The van der Waals surface area contributed by atoms with Gasteiger partial charge < -0.3 is 10.5 Å².